The molecule has 3 aromatic carbocycles. The molecule has 1 N–H and O–H groups in total. The second-order valence-corrected chi connectivity index (χ2v) is 5.38. The fourth-order valence-corrected chi connectivity index (χ4v) is 2.78. The lowest BCUT2D eigenvalue weighted by Gasteiger charge is -2.13. The van der Waals surface area contributed by atoms with E-state index >= 15 is 0 Å². The Morgan fingerprint density at radius 3 is 2.39 bits per heavy atom. The molecule has 0 saturated carbocycles. The summed E-state index contributed by atoms with van der Waals surface area (Å²) >= 11 is 0. The van der Waals surface area contributed by atoms with Crippen molar-refractivity contribution in [2.75, 3.05) is 13.7 Å². The minimum absolute atomic E-state index is 0. The van der Waals surface area contributed by atoms with Crippen LogP contribution in [0.25, 0.3) is 10.8 Å². The minimum atomic E-state index is 0. The van der Waals surface area contributed by atoms with Gasteiger partial charge in [-0.05, 0) is 35.4 Å². The van der Waals surface area contributed by atoms with Crippen LogP contribution in [0.15, 0.2) is 66.7 Å². The lowest BCUT2D eigenvalue weighted by Crippen LogP contribution is -3.00. The van der Waals surface area contributed by atoms with Crippen LogP contribution in [0.3, 0.4) is 0 Å². The highest BCUT2D eigenvalue weighted by molar-refractivity contribution is 5.87. The molecular formula is C20H21ClNO-. The van der Waals surface area contributed by atoms with E-state index in [1.54, 1.807) is 7.11 Å². The molecule has 0 amide bonds. The normalized spacial score (nSPS) is 10.3. The Morgan fingerprint density at radius 1 is 0.870 bits per heavy atom. The van der Waals surface area contributed by atoms with Crippen LogP contribution in [0.2, 0.25) is 0 Å². The molecule has 0 atom stereocenters. The molecule has 3 aromatic rings. The van der Waals surface area contributed by atoms with Crippen molar-refractivity contribution >= 4 is 10.8 Å². The molecule has 0 unspecified atom stereocenters. The maximum absolute atomic E-state index is 5.53. The average Bonchev–Trinajstić information content (AvgIpc) is 2.59. The second-order valence-electron chi connectivity index (χ2n) is 5.38. The lowest BCUT2D eigenvalue weighted by atomic mass is 10.0. The molecule has 0 bridgehead atoms. The van der Waals surface area contributed by atoms with E-state index in [0.29, 0.717) is 0 Å². The SMILES string of the molecule is COc1ccc2ccccc2c1CNCCc1ccccc1.[Cl-]. The van der Waals surface area contributed by atoms with E-state index in [1.165, 1.54) is 21.9 Å². The van der Waals surface area contributed by atoms with Gasteiger partial charge < -0.3 is 22.5 Å². The molecule has 3 rings (SSSR count). The van der Waals surface area contributed by atoms with Gasteiger partial charge in [-0.3, -0.25) is 0 Å². The van der Waals surface area contributed by atoms with Gasteiger partial charge in [0.05, 0.1) is 7.11 Å². The standard InChI is InChI=1S/C20H21NO.ClH/c1-22-20-12-11-17-9-5-6-10-18(17)19(20)15-21-14-13-16-7-3-2-4-8-16;/h2-12,21H,13-15H2,1H3;1H/p-1. The van der Waals surface area contributed by atoms with Crippen LogP contribution in [-0.2, 0) is 13.0 Å². The van der Waals surface area contributed by atoms with Crippen LogP contribution in [0.5, 0.6) is 5.75 Å². The van der Waals surface area contributed by atoms with Crippen molar-refractivity contribution in [1.29, 1.82) is 0 Å². The number of benzene rings is 3. The smallest absolute Gasteiger partial charge is 0.123 e. The highest BCUT2D eigenvalue weighted by atomic mass is 35.5. The van der Waals surface area contributed by atoms with E-state index in [-0.39, 0.29) is 12.4 Å². The van der Waals surface area contributed by atoms with Crippen molar-refractivity contribution in [3.05, 3.63) is 77.9 Å². The number of rotatable bonds is 6. The molecule has 0 aliphatic rings. The number of fused-ring (bicyclic) bond motifs is 1. The summed E-state index contributed by atoms with van der Waals surface area (Å²) in [6, 6.07) is 23.2. The number of hydrogen-bond donors (Lipinski definition) is 1. The van der Waals surface area contributed by atoms with E-state index in [9.17, 15) is 0 Å². The van der Waals surface area contributed by atoms with Crippen molar-refractivity contribution in [2.24, 2.45) is 0 Å². The monoisotopic (exact) mass is 326 g/mol. The van der Waals surface area contributed by atoms with Gasteiger partial charge in [-0.25, -0.2) is 0 Å². The Hall–Kier alpha value is -2.03. The first-order valence-electron chi connectivity index (χ1n) is 7.68. The van der Waals surface area contributed by atoms with Gasteiger partial charge in [0, 0.05) is 12.1 Å². The molecule has 0 spiro atoms. The van der Waals surface area contributed by atoms with Gasteiger partial charge in [-0.1, -0.05) is 60.7 Å². The number of ether oxygens (including phenoxy) is 1. The largest absolute Gasteiger partial charge is 1.00 e. The second kappa shape index (κ2) is 8.56. The summed E-state index contributed by atoms with van der Waals surface area (Å²) in [6.07, 6.45) is 1.04. The summed E-state index contributed by atoms with van der Waals surface area (Å²) in [5, 5.41) is 6.05. The molecule has 0 aliphatic carbocycles. The number of hydrogen-bond acceptors (Lipinski definition) is 2. The molecular weight excluding hydrogens is 306 g/mol. The van der Waals surface area contributed by atoms with Crippen molar-refractivity contribution in [3.8, 4) is 5.75 Å². The van der Waals surface area contributed by atoms with Gasteiger partial charge >= 0.3 is 0 Å². The Morgan fingerprint density at radius 2 is 1.61 bits per heavy atom. The molecule has 0 radical (unpaired) electrons. The summed E-state index contributed by atoms with van der Waals surface area (Å²) in [7, 11) is 1.73. The Labute approximate surface area is 143 Å². The summed E-state index contributed by atoms with van der Waals surface area (Å²) < 4.78 is 5.53. The zero-order valence-electron chi connectivity index (χ0n) is 13.3. The first-order chi connectivity index (χ1) is 10.9. The fraction of sp³-hybridized carbons (Fsp3) is 0.200. The third-order valence-electron chi connectivity index (χ3n) is 3.95. The molecule has 0 aromatic heterocycles. The van der Waals surface area contributed by atoms with Gasteiger partial charge in [0.25, 0.3) is 0 Å². The van der Waals surface area contributed by atoms with Crippen LogP contribution >= 0.6 is 0 Å². The Kier molecular flexibility index (Phi) is 6.45. The van der Waals surface area contributed by atoms with E-state index < -0.39 is 0 Å². The molecule has 0 aliphatic heterocycles. The first kappa shape index (κ1) is 17.3. The zero-order valence-corrected chi connectivity index (χ0v) is 14.0. The topological polar surface area (TPSA) is 21.3 Å². The maximum Gasteiger partial charge on any atom is 0.123 e. The lowest BCUT2D eigenvalue weighted by molar-refractivity contribution is -0.00000468. The van der Waals surface area contributed by atoms with E-state index in [4.69, 9.17) is 4.74 Å². The molecule has 0 saturated heterocycles. The third kappa shape index (κ3) is 4.25. The number of nitrogens with one attached hydrogen (secondary N) is 1. The van der Waals surface area contributed by atoms with Crippen LogP contribution in [-0.4, -0.2) is 13.7 Å². The predicted octanol–water partition coefficient (Wildman–Crippen LogP) is 1.18. The van der Waals surface area contributed by atoms with Gasteiger partial charge in [0.2, 0.25) is 0 Å². The molecule has 120 valence electrons. The molecule has 0 fully saturated rings. The van der Waals surface area contributed by atoms with Gasteiger partial charge in [-0.15, -0.1) is 0 Å². The van der Waals surface area contributed by atoms with Crippen LogP contribution < -0.4 is 22.5 Å². The summed E-state index contributed by atoms with van der Waals surface area (Å²) in [4.78, 5) is 0. The van der Waals surface area contributed by atoms with Gasteiger partial charge in [0.1, 0.15) is 5.75 Å². The highest BCUT2D eigenvalue weighted by Gasteiger charge is 2.07. The maximum atomic E-state index is 5.53. The fourth-order valence-electron chi connectivity index (χ4n) is 2.78. The van der Waals surface area contributed by atoms with E-state index in [1.807, 2.05) is 0 Å². The minimum Gasteiger partial charge on any atom is -1.00 e. The van der Waals surface area contributed by atoms with Crippen molar-refractivity contribution in [1.82, 2.24) is 5.32 Å². The first-order valence-corrected chi connectivity index (χ1v) is 7.68. The number of halogens is 1. The van der Waals surface area contributed by atoms with E-state index in [0.717, 1.165) is 25.3 Å². The molecule has 0 heterocycles. The van der Waals surface area contributed by atoms with Crippen LogP contribution in [0.4, 0.5) is 0 Å². The van der Waals surface area contributed by atoms with Crippen molar-refractivity contribution < 1.29 is 17.1 Å². The van der Waals surface area contributed by atoms with Crippen LogP contribution in [0, 0.1) is 0 Å². The van der Waals surface area contributed by atoms with Gasteiger partial charge in [-0.2, -0.15) is 0 Å². The molecule has 23 heavy (non-hydrogen) atoms. The number of methoxy groups -OCH3 is 1. The molecule has 2 nitrogen and oxygen atoms in total. The molecule has 3 heteroatoms. The Balaban J connectivity index is 0.00000192. The quantitative estimate of drug-likeness (QED) is 0.687. The third-order valence-corrected chi connectivity index (χ3v) is 3.95. The van der Waals surface area contributed by atoms with E-state index in [2.05, 4.69) is 72.0 Å². The van der Waals surface area contributed by atoms with Crippen LogP contribution in [0.1, 0.15) is 11.1 Å². The van der Waals surface area contributed by atoms with Crippen molar-refractivity contribution in [3.63, 3.8) is 0 Å². The highest BCUT2D eigenvalue weighted by Crippen LogP contribution is 2.27. The predicted molar refractivity (Wildman–Crippen MR) is 92.4 cm³/mol. The summed E-state index contributed by atoms with van der Waals surface area (Å²) in [6.45, 7) is 1.77. The summed E-state index contributed by atoms with van der Waals surface area (Å²) in [5.41, 5.74) is 2.59. The van der Waals surface area contributed by atoms with Crippen molar-refractivity contribution in [2.45, 2.75) is 13.0 Å². The average molecular weight is 327 g/mol. The summed E-state index contributed by atoms with van der Waals surface area (Å²) in [5.74, 6) is 0.950. The Bertz CT molecular complexity index is 743. The van der Waals surface area contributed by atoms with Gasteiger partial charge in [0.15, 0.2) is 0 Å². The zero-order chi connectivity index (χ0) is 15.2.